The molecule has 0 radical (unpaired) electrons. The number of anilines is 2. The molecule has 8 bridgehead atoms. The van der Waals surface area contributed by atoms with E-state index in [0.717, 1.165) is 44.9 Å². The molecule has 7 aromatic rings. The molecular weight excluding hydrogens is 1500 g/mol. The number of rotatable bonds is 10. The standard InChI is InChI=1S/C76H86N18O17S2/c1-38-66(102)80-35-63(99)90-57(72(108)92-54(65(77)101)24-42-12-6-5-7-13-42)31-78-61(97)33-84-74-82-29-47(112-74)27-45-22-43(18-20-59(45)95)25-55(70(106)88-40(3)68(104)86-38)93-73(109)58-32-79-62(98)34-85-75-83-30-48(113-75)28-46-23-44(19-21-60(46)96)26-56(71(107)89-41(4)69(105)87-39(2)67(103)81-36-64(100)91-58)94-76(110)111-37-53-51-16-10-8-14-49(51)50-15-9-11-17-52(50)53/h5-23,29-30,38-41,53-58,95-96H,24-28,31-37H2,1-4H3,(H2,77,101)(H,78,97)(H,79,98)(H,80,102)(H,81,103)(H,82,84)(H,83,85)(H,86,104)(H,87,105)(H,88,106)(H,89,107)(H,90,99)(H,91,100)(H,92,108)(H,93,109)(H,94,110)/t38-,39-,40-,41-,54-,55-,56-,57-,58-/m0/s1. The molecule has 9 atom stereocenters. The molecule has 4 heterocycles. The lowest BCUT2D eigenvalue weighted by Gasteiger charge is -2.25. The fraction of sp³-hybridized carbons (Fsp3) is 0.342. The number of amides is 14. The Morgan fingerprint density at radius 3 is 1.40 bits per heavy atom. The number of aromatic nitrogens is 2. The van der Waals surface area contributed by atoms with Crippen molar-refractivity contribution in [2.24, 2.45) is 5.73 Å². The van der Waals surface area contributed by atoms with Crippen LogP contribution in [0.25, 0.3) is 11.1 Å². The van der Waals surface area contributed by atoms with Crippen molar-refractivity contribution >= 4 is 116 Å². The second kappa shape index (κ2) is 38.5. The van der Waals surface area contributed by atoms with E-state index in [0.29, 0.717) is 37.6 Å². The molecule has 5 aromatic carbocycles. The smallest absolute Gasteiger partial charge is 0.407 e. The summed E-state index contributed by atoms with van der Waals surface area (Å²) >= 11 is 2.22. The van der Waals surface area contributed by atoms with Crippen molar-refractivity contribution in [3.8, 4) is 22.6 Å². The number of alkyl carbamates (subject to hydrolysis) is 1. The molecule has 10 rings (SSSR count). The van der Waals surface area contributed by atoms with E-state index in [1.54, 1.807) is 42.5 Å². The number of fused-ring (bicyclic) bond motifs is 11. The lowest BCUT2D eigenvalue weighted by molar-refractivity contribution is -0.134. The summed E-state index contributed by atoms with van der Waals surface area (Å²) in [7, 11) is 0. The van der Waals surface area contributed by atoms with Gasteiger partial charge in [0, 0.05) is 73.3 Å². The van der Waals surface area contributed by atoms with E-state index in [1.165, 1.54) is 64.4 Å². The Morgan fingerprint density at radius 1 is 0.496 bits per heavy atom. The van der Waals surface area contributed by atoms with Gasteiger partial charge in [-0.25, -0.2) is 14.8 Å². The zero-order valence-corrected chi connectivity index (χ0v) is 63.3. The fourth-order valence-electron chi connectivity index (χ4n) is 12.4. The average molecular weight is 1590 g/mol. The number of thiazole rings is 2. The largest absolute Gasteiger partial charge is 0.508 e. The first-order chi connectivity index (χ1) is 54.1. The molecule has 1 aliphatic carbocycles. The van der Waals surface area contributed by atoms with E-state index >= 15 is 0 Å². The highest BCUT2D eigenvalue weighted by atomic mass is 32.1. The first-order valence-corrected chi connectivity index (χ1v) is 37.7. The SMILES string of the molecule is C[C@@H]1NC(=O)[C@H](C)NC(=O)[C@@H](NC(=O)OCC2c3ccccc3-c3ccccc32)Cc2ccc(O)c(c2)Cc2cnc(s2)NCC(=O)NC[C@@H](C(=O)N[C@H]2Cc3ccc(O)c(c3)Cc3cnc(s3)NCC(=O)NC[C@@H](C(=O)N[C@@H](Cc3ccccc3)C(N)=O)NC(=O)CNC(=O)[C@H](C)NC(=O)[C@H](C)NC2=O)NC(=O)CNC1=O. The zero-order chi connectivity index (χ0) is 81.0. The highest BCUT2D eigenvalue weighted by Crippen LogP contribution is 2.44. The molecule has 0 saturated carbocycles. The number of nitrogens with one attached hydrogen (secondary N) is 15. The van der Waals surface area contributed by atoms with Crippen LogP contribution in [-0.2, 0) is 99.2 Å². The number of benzene rings is 5. The topological polar surface area (TPSA) is 521 Å². The monoisotopic (exact) mass is 1590 g/mol. The van der Waals surface area contributed by atoms with Gasteiger partial charge in [0.05, 0.1) is 26.2 Å². The predicted octanol–water partition coefficient (Wildman–Crippen LogP) is -1.11. The number of ether oxygens (including phenoxy) is 1. The van der Waals surface area contributed by atoms with E-state index in [2.05, 4.69) is 89.7 Å². The Kier molecular flexibility index (Phi) is 28.1. The van der Waals surface area contributed by atoms with Crippen LogP contribution >= 0.6 is 22.7 Å². The van der Waals surface area contributed by atoms with Crippen molar-refractivity contribution in [3.63, 3.8) is 0 Å². The number of carbonyl (C=O) groups is 14. The van der Waals surface area contributed by atoms with Crippen molar-refractivity contribution in [2.75, 3.05) is 56.5 Å². The normalized spacial score (nSPS) is 21.3. The first-order valence-electron chi connectivity index (χ1n) is 36.0. The van der Waals surface area contributed by atoms with Crippen LogP contribution in [0.2, 0.25) is 0 Å². The maximum absolute atomic E-state index is 14.8. The van der Waals surface area contributed by atoms with Gasteiger partial charge in [0.1, 0.15) is 72.5 Å². The van der Waals surface area contributed by atoms with Crippen LogP contribution in [0.1, 0.15) is 82.3 Å². The predicted molar refractivity (Wildman–Crippen MR) is 412 cm³/mol. The van der Waals surface area contributed by atoms with Crippen LogP contribution in [0.5, 0.6) is 11.5 Å². The second-order valence-electron chi connectivity index (χ2n) is 27.1. The number of phenols is 2. The number of phenolic OH excluding ortho intramolecular Hbond substituents is 2. The highest BCUT2D eigenvalue weighted by molar-refractivity contribution is 7.15. The van der Waals surface area contributed by atoms with E-state index in [4.69, 9.17) is 10.5 Å². The van der Waals surface area contributed by atoms with E-state index < -0.39 is 177 Å². The molecule has 3 aliphatic rings. The molecule has 2 aromatic heterocycles. The van der Waals surface area contributed by atoms with Crippen LogP contribution in [0, 0.1) is 0 Å². The van der Waals surface area contributed by atoms with Crippen LogP contribution in [-0.4, -0.2) is 203 Å². The highest BCUT2D eigenvalue weighted by Gasteiger charge is 2.35. The van der Waals surface area contributed by atoms with Gasteiger partial charge in [0.25, 0.3) is 0 Å². The molecule has 35 nitrogen and oxygen atoms in total. The Labute approximate surface area is 655 Å². The van der Waals surface area contributed by atoms with Gasteiger partial charge < -0.3 is 100 Å². The van der Waals surface area contributed by atoms with Crippen molar-refractivity contribution in [3.05, 3.63) is 176 Å². The van der Waals surface area contributed by atoms with Crippen LogP contribution in [0.4, 0.5) is 15.1 Å². The molecule has 2 aliphatic heterocycles. The number of nitrogens with two attached hydrogens (primary N) is 1. The van der Waals surface area contributed by atoms with Crippen molar-refractivity contribution in [1.29, 1.82) is 0 Å². The second-order valence-corrected chi connectivity index (χ2v) is 29.3. The Hall–Kier alpha value is -13.1. The molecule has 594 valence electrons. The summed E-state index contributed by atoms with van der Waals surface area (Å²) in [5, 5.41) is 61.2. The van der Waals surface area contributed by atoms with Crippen LogP contribution in [0.3, 0.4) is 0 Å². The molecule has 0 unspecified atom stereocenters. The van der Waals surface area contributed by atoms with Gasteiger partial charge in [-0.1, -0.05) is 103 Å². The minimum atomic E-state index is -1.75. The van der Waals surface area contributed by atoms with Gasteiger partial charge in [0.2, 0.25) is 76.8 Å². The third kappa shape index (κ3) is 23.3. The van der Waals surface area contributed by atoms with E-state index in [1.807, 2.05) is 48.5 Å². The average Bonchev–Trinajstić information content (AvgIpc) is 1.62. The lowest BCUT2D eigenvalue weighted by Crippen LogP contribution is -2.60. The summed E-state index contributed by atoms with van der Waals surface area (Å²) in [6, 6.07) is 19.9. The van der Waals surface area contributed by atoms with Gasteiger partial charge in [-0.2, -0.15) is 0 Å². The molecule has 37 heteroatoms. The molecule has 0 spiro atoms. The summed E-state index contributed by atoms with van der Waals surface area (Å²) in [5.41, 5.74) is 11.7. The van der Waals surface area contributed by atoms with E-state index in [9.17, 15) is 77.3 Å². The Bertz CT molecular complexity index is 4710. The minimum absolute atomic E-state index is 0.0173. The quantitative estimate of drug-likeness (QED) is 0.0772. The number of hydrogen-bond acceptors (Lipinski definition) is 23. The summed E-state index contributed by atoms with van der Waals surface area (Å²) in [6.07, 6.45) is 1.62. The fourth-order valence-corrected chi connectivity index (χ4v) is 14.1. The van der Waals surface area contributed by atoms with Crippen molar-refractivity contribution in [1.82, 2.24) is 79.1 Å². The van der Waals surface area contributed by atoms with Crippen molar-refractivity contribution in [2.45, 2.75) is 120 Å². The minimum Gasteiger partial charge on any atom is -0.508 e. The van der Waals surface area contributed by atoms with Gasteiger partial charge in [-0.15, -0.1) is 22.7 Å². The van der Waals surface area contributed by atoms with Gasteiger partial charge in [0.15, 0.2) is 10.3 Å². The van der Waals surface area contributed by atoms with Crippen LogP contribution < -0.4 is 85.5 Å². The van der Waals surface area contributed by atoms with Gasteiger partial charge in [-0.05, 0) is 89.9 Å². The van der Waals surface area contributed by atoms with E-state index in [-0.39, 0.29) is 66.4 Å². The number of primary amides is 1. The zero-order valence-electron chi connectivity index (χ0n) is 61.7. The number of nitrogens with zero attached hydrogens (tertiary/aromatic N) is 2. The molecule has 19 N–H and O–H groups in total. The van der Waals surface area contributed by atoms with Gasteiger partial charge >= 0.3 is 6.09 Å². The number of carbonyl (C=O) groups excluding carboxylic acids is 14. The summed E-state index contributed by atoms with van der Waals surface area (Å²) in [5.74, 6) is -12.3. The molecular formula is C76H86N18O17S2. The molecule has 0 saturated heterocycles. The third-order valence-corrected chi connectivity index (χ3v) is 20.4. The number of hydrogen-bond donors (Lipinski definition) is 18. The first kappa shape index (κ1) is 82.4. The third-order valence-electron chi connectivity index (χ3n) is 18.5. The molecule has 14 amide bonds. The summed E-state index contributed by atoms with van der Waals surface area (Å²) < 4.78 is 5.82. The summed E-state index contributed by atoms with van der Waals surface area (Å²) in [4.78, 5) is 203. The molecule has 113 heavy (non-hydrogen) atoms. The maximum atomic E-state index is 14.8. The maximum Gasteiger partial charge on any atom is 0.407 e. The summed E-state index contributed by atoms with van der Waals surface area (Å²) in [6.45, 7) is 1.45. The van der Waals surface area contributed by atoms with Crippen LogP contribution in [0.15, 0.2) is 128 Å². The number of aromatic hydroxyl groups is 2. The molecule has 0 fully saturated rings. The Balaban J connectivity index is 0.840. The lowest BCUT2D eigenvalue weighted by atomic mass is 9.98. The van der Waals surface area contributed by atoms with Crippen molar-refractivity contribution < 1.29 is 82.1 Å². The Morgan fingerprint density at radius 2 is 0.920 bits per heavy atom. The van der Waals surface area contributed by atoms with Gasteiger partial charge in [-0.3, -0.25) is 62.3 Å².